The first-order chi connectivity index (χ1) is 11.0. The number of amides is 1. The molecule has 0 unspecified atom stereocenters. The van der Waals surface area contributed by atoms with Crippen LogP contribution >= 0.6 is 11.3 Å². The van der Waals surface area contributed by atoms with Crippen LogP contribution in [0.15, 0.2) is 29.6 Å². The zero-order chi connectivity index (χ0) is 16.4. The van der Waals surface area contributed by atoms with Gasteiger partial charge in [0.2, 0.25) is 5.91 Å². The van der Waals surface area contributed by atoms with Crippen LogP contribution in [0.3, 0.4) is 0 Å². The fourth-order valence-electron chi connectivity index (χ4n) is 2.68. The van der Waals surface area contributed by atoms with Crippen LogP contribution in [0.25, 0.3) is 0 Å². The van der Waals surface area contributed by atoms with Gasteiger partial charge in [-0.3, -0.25) is 4.79 Å². The van der Waals surface area contributed by atoms with Crippen LogP contribution in [0.5, 0.6) is 0 Å². The van der Waals surface area contributed by atoms with E-state index in [-0.39, 0.29) is 25.0 Å². The van der Waals surface area contributed by atoms with Crippen molar-refractivity contribution < 1.29 is 18.3 Å². The SMILES string of the molecule is CN(Cc1ccc(F)cc1F)C(=O)C[C@H]1OCCc2ccsc21. The van der Waals surface area contributed by atoms with E-state index >= 15 is 0 Å². The zero-order valence-electron chi connectivity index (χ0n) is 12.7. The lowest BCUT2D eigenvalue weighted by Gasteiger charge is -2.25. The molecule has 0 saturated carbocycles. The number of benzene rings is 1. The summed E-state index contributed by atoms with van der Waals surface area (Å²) in [7, 11) is 1.61. The summed E-state index contributed by atoms with van der Waals surface area (Å²) in [5.41, 5.74) is 1.54. The van der Waals surface area contributed by atoms with Crippen LogP contribution in [0.2, 0.25) is 0 Å². The molecule has 0 radical (unpaired) electrons. The van der Waals surface area contributed by atoms with Crippen molar-refractivity contribution in [1.82, 2.24) is 4.90 Å². The van der Waals surface area contributed by atoms with Crippen molar-refractivity contribution in [1.29, 1.82) is 0 Å². The Morgan fingerprint density at radius 1 is 1.39 bits per heavy atom. The Morgan fingerprint density at radius 3 is 3.00 bits per heavy atom. The highest BCUT2D eigenvalue weighted by Gasteiger charge is 2.26. The van der Waals surface area contributed by atoms with Gasteiger partial charge in [0, 0.05) is 30.1 Å². The number of nitrogens with zero attached hydrogens (tertiary/aromatic N) is 1. The Balaban J connectivity index is 1.65. The van der Waals surface area contributed by atoms with E-state index in [1.54, 1.807) is 18.4 Å². The largest absolute Gasteiger partial charge is 0.372 e. The quantitative estimate of drug-likeness (QED) is 0.852. The summed E-state index contributed by atoms with van der Waals surface area (Å²) in [5, 5.41) is 2.01. The number of thiophene rings is 1. The predicted molar refractivity (Wildman–Crippen MR) is 84.2 cm³/mol. The summed E-state index contributed by atoms with van der Waals surface area (Å²) in [6.07, 6.45) is 0.874. The lowest BCUT2D eigenvalue weighted by atomic mass is 10.0. The minimum atomic E-state index is -0.640. The number of fused-ring (bicyclic) bond motifs is 1. The number of hydrogen-bond donors (Lipinski definition) is 0. The Labute approximate surface area is 137 Å². The van der Waals surface area contributed by atoms with E-state index in [2.05, 4.69) is 6.07 Å². The molecular weight excluding hydrogens is 320 g/mol. The molecule has 6 heteroatoms. The second-order valence-electron chi connectivity index (χ2n) is 5.61. The molecule has 1 aromatic carbocycles. The topological polar surface area (TPSA) is 29.5 Å². The Hall–Kier alpha value is -1.79. The Kier molecular flexibility index (Phi) is 4.73. The third-order valence-electron chi connectivity index (χ3n) is 3.97. The average molecular weight is 337 g/mol. The van der Waals surface area contributed by atoms with Gasteiger partial charge in [-0.15, -0.1) is 11.3 Å². The van der Waals surface area contributed by atoms with Gasteiger partial charge in [0.1, 0.15) is 17.7 Å². The minimum absolute atomic E-state index is 0.106. The van der Waals surface area contributed by atoms with Gasteiger partial charge in [-0.25, -0.2) is 8.78 Å². The molecule has 3 nitrogen and oxygen atoms in total. The van der Waals surface area contributed by atoms with E-state index in [9.17, 15) is 13.6 Å². The van der Waals surface area contributed by atoms with Crippen molar-refractivity contribution >= 4 is 17.2 Å². The summed E-state index contributed by atoms with van der Waals surface area (Å²) >= 11 is 1.60. The van der Waals surface area contributed by atoms with Crippen molar-refractivity contribution in [2.75, 3.05) is 13.7 Å². The van der Waals surface area contributed by atoms with Gasteiger partial charge in [0.25, 0.3) is 0 Å². The maximum absolute atomic E-state index is 13.7. The maximum atomic E-state index is 13.7. The van der Waals surface area contributed by atoms with Gasteiger partial charge in [0.05, 0.1) is 13.0 Å². The maximum Gasteiger partial charge on any atom is 0.225 e. The number of hydrogen-bond acceptors (Lipinski definition) is 3. The third-order valence-corrected chi connectivity index (χ3v) is 5.02. The van der Waals surface area contributed by atoms with Crippen LogP contribution in [-0.4, -0.2) is 24.5 Å². The highest BCUT2D eigenvalue weighted by Crippen LogP contribution is 2.34. The van der Waals surface area contributed by atoms with Crippen LogP contribution < -0.4 is 0 Å². The summed E-state index contributed by atoms with van der Waals surface area (Å²) in [5.74, 6) is -1.39. The van der Waals surface area contributed by atoms with Crippen molar-refractivity contribution in [3.63, 3.8) is 0 Å². The van der Waals surface area contributed by atoms with Crippen molar-refractivity contribution in [3.05, 3.63) is 57.3 Å². The van der Waals surface area contributed by atoms with E-state index < -0.39 is 11.6 Å². The van der Waals surface area contributed by atoms with Gasteiger partial charge in [-0.05, 0) is 29.5 Å². The second-order valence-corrected chi connectivity index (χ2v) is 6.56. The first kappa shape index (κ1) is 16.1. The third kappa shape index (κ3) is 3.59. The first-order valence-electron chi connectivity index (χ1n) is 7.40. The molecule has 0 aliphatic carbocycles. The van der Waals surface area contributed by atoms with Gasteiger partial charge in [-0.1, -0.05) is 6.07 Å². The van der Waals surface area contributed by atoms with Gasteiger partial charge in [0.15, 0.2) is 0 Å². The van der Waals surface area contributed by atoms with E-state index in [1.165, 1.54) is 22.6 Å². The summed E-state index contributed by atoms with van der Waals surface area (Å²) in [6.45, 7) is 0.715. The molecule has 23 heavy (non-hydrogen) atoms. The average Bonchev–Trinajstić information content (AvgIpc) is 2.99. The second kappa shape index (κ2) is 6.76. The number of rotatable bonds is 4. The smallest absolute Gasteiger partial charge is 0.225 e. The molecule has 1 atom stereocenters. The molecule has 1 aliphatic heterocycles. The lowest BCUT2D eigenvalue weighted by molar-refractivity contribution is -0.133. The molecule has 0 saturated heterocycles. The first-order valence-corrected chi connectivity index (χ1v) is 8.28. The molecule has 1 amide bonds. The number of carbonyl (C=O) groups excluding carboxylic acids is 1. The van der Waals surface area contributed by atoms with Crippen molar-refractivity contribution in [2.24, 2.45) is 0 Å². The van der Waals surface area contributed by atoms with Crippen LogP contribution in [0.4, 0.5) is 8.78 Å². The van der Waals surface area contributed by atoms with Crippen molar-refractivity contribution in [3.8, 4) is 0 Å². The van der Waals surface area contributed by atoms with Crippen molar-refractivity contribution in [2.45, 2.75) is 25.5 Å². The van der Waals surface area contributed by atoms with Gasteiger partial charge in [-0.2, -0.15) is 0 Å². The molecule has 1 aromatic heterocycles. The molecule has 0 N–H and O–H groups in total. The molecule has 0 spiro atoms. The zero-order valence-corrected chi connectivity index (χ0v) is 13.5. The summed E-state index contributed by atoms with van der Waals surface area (Å²) < 4.78 is 32.3. The summed E-state index contributed by atoms with van der Waals surface area (Å²) in [4.78, 5) is 14.9. The highest BCUT2D eigenvalue weighted by atomic mass is 32.1. The monoisotopic (exact) mass is 337 g/mol. The molecular formula is C17H17F2NO2S. The van der Waals surface area contributed by atoms with E-state index in [1.807, 2.05) is 5.38 Å². The summed E-state index contributed by atoms with van der Waals surface area (Å²) in [6, 6.07) is 5.45. The standard InChI is InChI=1S/C17H17F2NO2S/c1-20(10-12-2-3-13(18)8-14(12)19)16(21)9-15-17-11(4-6-22-15)5-7-23-17/h2-3,5,7-8,15H,4,6,9-10H2,1H3/t15-/m1/s1. The normalized spacial score (nSPS) is 16.9. The molecule has 2 aromatic rings. The number of ether oxygens (including phenoxy) is 1. The van der Waals surface area contributed by atoms with Gasteiger partial charge < -0.3 is 9.64 Å². The molecule has 0 fully saturated rings. The minimum Gasteiger partial charge on any atom is -0.372 e. The fourth-order valence-corrected chi connectivity index (χ4v) is 3.69. The van der Waals surface area contributed by atoms with Gasteiger partial charge >= 0.3 is 0 Å². The van der Waals surface area contributed by atoms with Crippen LogP contribution in [0.1, 0.15) is 28.5 Å². The Morgan fingerprint density at radius 2 is 2.22 bits per heavy atom. The molecule has 1 aliphatic rings. The molecule has 0 bridgehead atoms. The van der Waals surface area contributed by atoms with E-state index in [4.69, 9.17) is 4.74 Å². The highest BCUT2D eigenvalue weighted by molar-refractivity contribution is 7.10. The van der Waals surface area contributed by atoms with Crippen LogP contribution in [0, 0.1) is 11.6 Å². The fraction of sp³-hybridized carbons (Fsp3) is 0.353. The van der Waals surface area contributed by atoms with E-state index in [0.29, 0.717) is 12.2 Å². The molecule has 122 valence electrons. The molecule has 3 rings (SSSR count). The van der Waals surface area contributed by atoms with Crippen LogP contribution in [-0.2, 0) is 22.5 Å². The molecule has 2 heterocycles. The van der Waals surface area contributed by atoms with E-state index in [0.717, 1.165) is 17.4 Å². The lowest BCUT2D eigenvalue weighted by Crippen LogP contribution is -2.29. The Bertz CT molecular complexity index is 716. The number of carbonyl (C=O) groups is 1. The number of halogens is 2. The predicted octanol–water partition coefficient (Wildman–Crippen LogP) is 3.69.